The molecule has 0 saturated carbocycles. The molecule has 0 unspecified atom stereocenters. The van der Waals surface area contributed by atoms with Crippen LogP contribution in [0.3, 0.4) is 0 Å². The second-order valence-electron chi connectivity index (χ2n) is 8.13. The molecule has 0 radical (unpaired) electrons. The molecule has 39 heavy (non-hydrogen) atoms. The first kappa shape index (κ1) is 32.7. The molecule has 0 aliphatic heterocycles. The van der Waals surface area contributed by atoms with Crippen LogP contribution in [0.1, 0.15) is 27.0 Å². The molecule has 0 saturated heterocycles. The first-order valence-corrected chi connectivity index (χ1v) is 13.8. The lowest BCUT2D eigenvalue weighted by atomic mass is 9.98. The van der Waals surface area contributed by atoms with Crippen LogP contribution in [0, 0.1) is 0 Å². The SMILES string of the molecule is CS(=O)(=O)CC(=O)NCCNC(=O)c1ccc(C/C=C(\c2cc(Cl)c(Cl)c(Cl)c2)C(F)(F)F)cc1C(F)(F)F. The molecule has 2 N–H and O–H groups in total. The minimum absolute atomic E-state index is 0.163. The van der Waals surface area contributed by atoms with Gasteiger partial charge in [0.15, 0.2) is 9.84 Å². The Balaban J connectivity index is 2.26. The highest BCUT2D eigenvalue weighted by Gasteiger charge is 2.37. The van der Waals surface area contributed by atoms with Crippen molar-refractivity contribution in [3.8, 4) is 0 Å². The highest BCUT2D eigenvalue weighted by molar-refractivity contribution is 7.91. The molecule has 0 aromatic heterocycles. The molecule has 2 aromatic rings. The Morgan fingerprint density at radius 2 is 1.49 bits per heavy atom. The first-order valence-electron chi connectivity index (χ1n) is 10.6. The minimum Gasteiger partial charge on any atom is -0.353 e. The Morgan fingerprint density at radius 3 is 2.00 bits per heavy atom. The lowest BCUT2D eigenvalue weighted by Crippen LogP contribution is -2.37. The molecule has 0 aliphatic carbocycles. The average molecular weight is 640 g/mol. The molecular weight excluding hydrogens is 621 g/mol. The highest BCUT2D eigenvalue weighted by atomic mass is 35.5. The van der Waals surface area contributed by atoms with Gasteiger partial charge >= 0.3 is 12.4 Å². The van der Waals surface area contributed by atoms with E-state index in [1.165, 1.54) is 0 Å². The van der Waals surface area contributed by atoms with E-state index in [-0.39, 0.29) is 33.7 Å². The summed E-state index contributed by atoms with van der Waals surface area (Å²) in [5.41, 5.74) is -4.03. The summed E-state index contributed by atoms with van der Waals surface area (Å²) in [6, 6.07) is 4.27. The molecule has 16 heteroatoms. The number of carbonyl (C=O) groups excluding carboxylic acids is 2. The van der Waals surface area contributed by atoms with E-state index in [0.29, 0.717) is 12.1 Å². The highest BCUT2D eigenvalue weighted by Crippen LogP contribution is 2.40. The van der Waals surface area contributed by atoms with Gasteiger partial charge in [-0.1, -0.05) is 46.9 Å². The number of benzene rings is 2. The van der Waals surface area contributed by atoms with Crippen LogP contribution in [-0.2, 0) is 27.2 Å². The third kappa shape index (κ3) is 9.89. The fraction of sp³-hybridized carbons (Fsp3) is 0.304. The number of halogens is 9. The predicted octanol–water partition coefficient (Wildman–Crippen LogP) is 5.74. The fourth-order valence-corrected chi connectivity index (χ4v) is 4.42. The monoisotopic (exact) mass is 638 g/mol. The third-order valence-electron chi connectivity index (χ3n) is 4.90. The molecule has 2 aromatic carbocycles. The number of hydrogen-bond acceptors (Lipinski definition) is 4. The van der Waals surface area contributed by atoms with Crippen molar-refractivity contribution in [1.29, 1.82) is 0 Å². The number of sulfone groups is 1. The summed E-state index contributed by atoms with van der Waals surface area (Å²) >= 11 is 17.4. The number of alkyl halides is 6. The van der Waals surface area contributed by atoms with Gasteiger partial charge in [0.05, 0.1) is 31.8 Å². The molecule has 0 spiro atoms. The maximum absolute atomic E-state index is 13.7. The Bertz CT molecular complexity index is 1370. The normalized spacial score (nSPS) is 12.8. The Labute approximate surface area is 234 Å². The maximum Gasteiger partial charge on any atom is 0.417 e. The van der Waals surface area contributed by atoms with E-state index in [4.69, 9.17) is 34.8 Å². The number of hydrogen-bond donors (Lipinski definition) is 2. The zero-order chi connectivity index (χ0) is 29.8. The topological polar surface area (TPSA) is 92.3 Å². The van der Waals surface area contributed by atoms with Gasteiger partial charge in [0.25, 0.3) is 5.91 Å². The second kappa shape index (κ2) is 12.8. The predicted molar refractivity (Wildman–Crippen MR) is 136 cm³/mol. The molecular formula is C23H19Cl3F6N2O4S. The molecule has 0 aliphatic rings. The van der Waals surface area contributed by atoms with E-state index in [1.54, 1.807) is 0 Å². The summed E-state index contributed by atoms with van der Waals surface area (Å²) in [5.74, 6) is -2.83. The zero-order valence-electron chi connectivity index (χ0n) is 19.7. The lowest BCUT2D eigenvalue weighted by molar-refractivity contribution is -0.138. The van der Waals surface area contributed by atoms with Crippen molar-refractivity contribution in [1.82, 2.24) is 10.6 Å². The van der Waals surface area contributed by atoms with Gasteiger partial charge in [-0.25, -0.2) is 8.42 Å². The van der Waals surface area contributed by atoms with Crippen LogP contribution in [0.2, 0.25) is 15.1 Å². The van der Waals surface area contributed by atoms with Gasteiger partial charge in [-0.3, -0.25) is 9.59 Å². The molecule has 0 heterocycles. The van der Waals surface area contributed by atoms with Crippen molar-refractivity contribution in [2.24, 2.45) is 0 Å². The number of nitrogens with one attached hydrogen (secondary N) is 2. The third-order valence-corrected chi connectivity index (χ3v) is 6.89. The van der Waals surface area contributed by atoms with Crippen molar-refractivity contribution in [2.45, 2.75) is 18.8 Å². The van der Waals surface area contributed by atoms with Crippen LogP contribution >= 0.6 is 34.8 Å². The quantitative estimate of drug-likeness (QED) is 0.208. The minimum atomic E-state index is -5.03. The summed E-state index contributed by atoms with van der Waals surface area (Å²) in [7, 11) is -3.59. The van der Waals surface area contributed by atoms with E-state index < -0.39 is 68.4 Å². The van der Waals surface area contributed by atoms with Crippen molar-refractivity contribution in [3.05, 3.63) is 73.7 Å². The van der Waals surface area contributed by atoms with Crippen molar-refractivity contribution in [3.63, 3.8) is 0 Å². The largest absolute Gasteiger partial charge is 0.417 e. The molecule has 0 fully saturated rings. The van der Waals surface area contributed by atoms with Crippen LogP contribution in [0.15, 0.2) is 36.4 Å². The van der Waals surface area contributed by atoms with Gasteiger partial charge in [0.1, 0.15) is 5.75 Å². The second-order valence-corrected chi connectivity index (χ2v) is 11.5. The van der Waals surface area contributed by atoms with Crippen LogP contribution in [0.4, 0.5) is 26.3 Å². The Morgan fingerprint density at radius 1 is 0.923 bits per heavy atom. The van der Waals surface area contributed by atoms with Gasteiger partial charge in [0.2, 0.25) is 5.91 Å². The molecule has 2 amide bonds. The van der Waals surface area contributed by atoms with Gasteiger partial charge in [-0.05, 0) is 41.8 Å². The van der Waals surface area contributed by atoms with Crippen LogP contribution in [-0.4, -0.2) is 51.5 Å². The van der Waals surface area contributed by atoms with Gasteiger partial charge in [-0.2, -0.15) is 26.3 Å². The van der Waals surface area contributed by atoms with Crippen molar-refractivity contribution >= 4 is 62.0 Å². The fourth-order valence-electron chi connectivity index (χ4n) is 3.24. The molecule has 2 rings (SSSR count). The van der Waals surface area contributed by atoms with E-state index >= 15 is 0 Å². The summed E-state index contributed by atoms with van der Waals surface area (Å²) in [4.78, 5) is 23.8. The first-order chi connectivity index (χ1) is 17.8. The van der Waals surface area contributed by atoms with E-state index in [0.717, 1.165) is 30.5 Å². The van der Waals surface area contributed by atoms with Crippen LogP contribution < -0.4 is 10.6 Å². The van der Waals surface area contributed by atoms with E-state index in [1.807, 2.05) is 0 Å². The average Bonchev–Trinajstić information content (AvgIpc) is 2.77. The molecule has 6 nitrogen and oxygen atoms in total. The zero-order valence-corrected chi connectivity index (χ0v) is 22.8. The summed E-state index contributed by atoms with van der Waals surface area (Å²) < 4.78 is 104. The lowest BCUT2D eigenvalue weighted by Gasteiger charge is -2.16. The molecule has 214 valence electrons. The summed E-state index contributed by atoms with van der Waals surface area (Å²) in [5, 5.41) is 3.68. The number of allylic oxidation sites excluding steroid dienone is 2. The van der Waals surface area contributed by atoms with E-state index in [2.05, 4.69) is 10.6 Å². The van der Waals surface area contributed by atoms with Gasteiger partial charge < -0.3 is 10.6 Å². The smallest absolute Gasteiger partial charge is 0.353 e. The van der Waals surface area contributed by atoms with E-state index in [9.17, 15) is 44.3 Å². The van der Waals surface area contributed by atoms with Crippen molar-refractivity contribution in [2.75, 3.05) is 25.1 Å². The number of rotatable bonds is 9. The summed E-state index contributed by atoms with van der Waals surface area (Å²) in [6.45, 7) is -0.583. The number of amides is 2. The van der Waals surface area contributed by atoms with Crippen LogP contribution in [0.25, 0.3) is 5.57 Å². The van der Waals surface area contributed by atoms with Gasteiger partial charge in [-0.15, -0.1) is 0 Å². The Kier molecular flexibility index (Phi) is 10.7. The van der Waals surface area contributed by atoms with Crippen molar-refractivity contribution < 1.29 is 44.3 Å². The standard InChI is InChI=1S/C23H19Cl3F6N2O4S/c1-39(37,38)11-19(35)33-6-7-34-21(36)14-4-2-12(8-16(14)23(30,31)32)3-5-15(22(27,28)29)13-9-17(24)20(26)18(25)10-13/h2,4-5,8-10H,3,6-7,11H2,1H3,(H,33,35)(H,34,36)/b15-5+. The number of carbonyl (C=O) groups is 2. The van der Waals surface area contributed by atoms with Gasteiger partial charge in [0, 0.05) is 19.3 Å². The van der Waals surface area contributed by atoms with Crippen LogP contribution in [0.5, 0.6) is 0 Å². The maximum atomic E-state index is 13.7. The summed E-state index contributed by atoms with van der Waals surface area (Å²) in [6.07, 6.45) is -9.04. The molecule has 0 bridgehead atoms. The molecule has 0 atom stereocenters. The Hall–Kier alpha value is -2.48.